The molecule has 2 unspecified atom stereocenters. The van der Waals surface area contributed by atoms with Crippen molar-refractivity contribution in [2.24, 2.45) is 5.41 Å². The highest BCUT2D eigenvalue weighted by Gasteiger charge is 2.50. The van der Waals surface area contributed by atoms with E-state index in [4.69, 9.17) is 19.5 Å². The van der Waals surface area contributed by atoms with Gasteiger partial charge in [0.15, 0.2) is 22.8 Å². The molecule has 46 heavy (non-hydrogen) atoms. The smallest absolute Gasteiger partial charge is 0.386 e. The molecule has 3 heterocycles. The van der Waals surface area contributed by atoms with E-state index in [9.17, 15) is 53.1 Å². The van der Waals surface area contributed by atoms with E-state index in [1.807, 2.05) is 0 Å². The van der Waals surface area contributed by atoms with Crippen LogP contribution in [0.3, 0.4) is 0 Å². The van der Waals surface area contributed by atoms with Crippen LogP contribution in [0.25, 0.3) is 11.2 Å². The van der Waals surface area contributed by atoms with Crippen molar-refractivity contribution in [3.63, 3.8) is 0 Å². The average Bonchev–Trinajstić information content (AvgIpc) is 3.48. The number of nitrogens with zero attached hydrogens (tertiary/aromatic N) is 4. The maximum absolute atomic E-state index is 12.5. The molecule has 260 valence electrons. The Kier molecular flexibility index (Phi) is 12.7. The molecule has 0 aromatic carbocycles. The van der Waals surface area contributed by atoms with Crippen LogP contribution >= 0.6 is 35.2 Å². The molecule has 0 bridgehead atoms. The monoisotopic (exact) mass is 738 g/mol. The normalized spacial score (nSPS) is 23.9. The van der Waals surface area contributed by atoms with Gasteiger partial charge in [-0.15, -0.1) is 0 Å². The Morgan fingerprint density at radius 3 is 2.43 bits per heavy atom. The van der Waals surface area contributed by atoms with Gasteiger partial charge in [-0.3, -0.25) is 27.7 Å². The van der Waals surface area contributed by atoms with Gasteiger partial charge in [0.05, 0.1) is 19.5 Å². The number of nitrogens with two attached hydrogens (primary N) is 1. The Balaban J connectivity index is 1.64. The van der Waals surface area contributed by atoms with Crippen molar-refractivity contribution in [3.05, 3.63) is 12.7 Å². The lowest BCUT2D eigenvalue weighted by Gasteiger charge is -2.30. The number of carbonyl (C=O) groups is 2. The Morgan fingerprint density at radius 1 is 1.15 bits per heavy atom. The van der Waals surface area contributed by atoms with Crippen LogP contribution in [0.2, 0.25) is 0 Å². The van der Waals surface area contributed by atoms with Gasteiger partial charge in [-0.1, -0.05) is 25.6 Å². The van der Waals surface area contributed by atoms with Crippen LogP contribution < -0.4 is 11.1 Å². The van der Waals surface area contributed by atoms with Crippen LogP contribution in [0.15, 0.2) is 12.7 Å². The molecule has 1 aliphatic rings. The molecular formula is C20H33N6O16P3S. The molecule has 2 aromatic heterocycles. The first-order chi connectivity index (χ1) is 21.1. The van der Waals surface area contributed by atoms with Gasteiger partial charge in [-0.2, -0.15) is 4.31 Å². The number of aromatic nitrogens is 4. The summed E-state index contributed by atoms with van der Waals surface area (Å²) in [6, 6.07) is 0. The lowest BCUT2D eigenvalue weighted by atomic mass is 9.87. The number of nitrogen functional groups attached to an aromatic ring is 1. The maximum atomic E-state index is 12.5. The number of hydrogen-bond donors (Lipinski definition) is 8. The molecule has 0 radical (unpaired) electrons. The molecule has 22 nitrogen and oxygen atoms in total. The zero-order valence-electron chi connectivity index (χ0n) is 24.3. The molecule has 0 aliphatic carbocycles. The van der Waals surface area contributed by atoms with Gasteiger partial charge in [0.2, 0.25) is 5.91 Å². The number of amides is 1. The number of imidazole rings is 1. The third kappa shape index (κ3) is 10.5. The second-order valence-electron chi connectivity index (χ2n) is 10.3. The largest absolute Gasteiger partial charge is 0.481 e. The van der Waals surface area contributed by atoms with Crippen LogP contribution in [0.1, 0.15) is 27.0 Å². The molecule has 2 aromatic rings. The van der Waals surface area contributed by atoms with Crippen molar-refractivity contribution >= 4 is 63.2 Å². The summed E-state index contributed by atoms with van der Waals surface area (Å²) in [6.07, 6.45) is -6.55. The molecule has 1 saturated heterocycles. The fourth-order valence-electron chi connectivity index (χ4n) is 3.92. The first kappa shape index (κ1) is 38.5. The minimum absolute atomic E-state index is 0.0327. The lowest BCUT2D eigenvalue weighted by Crippen LogP contribution is -2.46. The number of carbonyl (C=O) groups excluding carboxylic acids is 2. The van der Waals surface area contributed by atoms with Gasteiger partial charge in [-0.05, 0) is 0 Å². The topological polar surface area (TPSA) is 335 Å². The van der Waals surface area contributed by atoms with Crippen LogP contribution in [0.4, 0.5) is 5.82 Å². The van der Waals surface area contributed by atoms with Gasteiger partial charge < -0.3 is 45.6 Å². The minimum Gasteiger partial charge on any atom is -0.386 e. The number of thioether (sulfide) groups is 1. The fourth-order valence-corrected chi connectivity index (χ4v) is 7.24. The van der Waals surface area contributed by atoms with E-state index in [0.717, 1.165) is 29.0 Å². The minimum atomic E-state index is -5.52. The zero-order valence-corrected chi connectivity index (χ0v) is 27.8. The Labute approximate surface area is 264 Å². The van der Waals surface area contributed by atoms with E-state index in [1.165, 1.54) is 20.8 Å². The molecule has 0 spiro atoms. The summed E-state index contributed by atoms with van der Waals surface area (Å²) in [5.74, 6) is -0.681. The SMILES string of the molecule is CC(=O)SCCNC(=O)[C@H](O)C(C)(C)COP(=O)(O)OP(=O)(O)OC[C@H]1O[C@@H](n2cnc3c(N)ncnc32)[C@H](O)[C@@H]1OP(=O)(O)O. The number of phosphoric ester groups is 3. The highest BCUT2D eigenvalue weighted by molar-refractivity contribution is 8.13. The van der Waals surface area contributed by atoms with Gasteiger partial charge in [0.1, 0.15) is 36.3 Å². The first-order valence-electron chi connectivity index (χ1n) is 12.9. The predicted molar refractivity (Wildman–Crippen MR) is 155 cm³/mol. The van der Waals surface area contributed by atoms with Crippen molar-refractivity contribution in [1.29, 1.82) is 0 Å². The molecule has 0 saturated carbocycles. The van der Waals surface area contributed by atoms with Gasteiger partial charge in [0, 0.05) is 24.6 Å². The molecule has 9 N–H and O–H groups in total. The molecule has 1 amide bonds. The number of anilines is 1. The molecule has 1 fully saturated rings. The van der Waals surface area contributed by atoms with Crippen LogP contribution in [-0.4, -0.2) is 110 Å². The van der Waals surface area contributed by atoms with Crippen molar-refractivity contribution < 1.29 is 75.7 Å². The summed E-state index contributed by atoms with van der Waals surface area (Å²) in [4.78, 5) is 73.8. The molecule has 1 aliphatic heterocycles. The Bertz CT molecular complexity index is 1560. The number of hydrogen-bond acceptors (Lipinski definition) is 17. The summed E-state index contributed by atoms with van der Waals surface area (Å²) < 4.78 is 61.6. The third-order valence-electron chi connectivity index (χ3n) is 6.13. The van der Waals surface area contributed by atoms with Crippen LogP contribution in [0.5, 0.6) is 0 Å². The average molecular weight is 738 g/mol. The van der Waals surface area contributed by atoms with E-state index < -0.39 is 78.6 Å². The Hall–Kier alpha value is -1.91. The zero-order chi connectivity index (χ0) is 34.7. The van der Waals surface area contributed by atoms with E-state index in [1.54, 1.807) is 0 Å². The third-order valence-corrected chi connectivity index (χ3v) is 10.0. The summed E-state index contributed by atoms with van der Waals surface area (Å²) in [7, 11) is -16.2. The number of aliphatic hydroxyl groups excluding tert-OH is 2. The number of nitrogens with one attached hydrogen (secondary N) is 1. The van der Waals surface area contributed by atoms with Crippen molar-refractivity contribution in [2.75, 3.05) is 31.2 Å². The quantitative estimate of drug-likeness (QED) is 0.0770. The van der Waals surface area contributed by atoms with Crippen molar-refractivity contribution in [1.82, 2.24) is 24.8 Å². The number of rotatable bonds is 16. The molecule has 26 heteroatoms. The fraction of sp³-hybridized carbons (Fsp3) is 0.650. The second-order valence-corrected chi connectivity index (χ2v) is 15.8. The maximum Gasteiger partial charge on any atom is 0.481 e. The second kappa shape index (κ2) is 15.1. The summed E-state index contributed by atoms with van der Waals surface area (Å²) in [5, 5.41) is 23.4. The molecule has 3 rings (SSSR count). The Morgan fingerprint density at radius 2 is 1.80 bits per heavy atom. The first-order valence-corrected chi connectivity index (χ1v) is 18.4. The number of aliphatic hydroxyl groups is 2. The predicted octanol–water partition coefficient (Wildman–Crippen LogP) is -0.822. The molecule has 7 atom stereocenters. The van der Waals surface area contributed by atoms with E-state index >= 15 is 0 Å². The standard InChI is InChI=1S/C20H33N6O16P3S/c1-10(27)46-5-4-22-18(30)15(29)20(2,3)7-39-45(36,37)42-44(34,35)38-6-11-14(41-43(31,32)33)13(28)19(40-11)26-9-25-12-16(21)23-8-24-17(12)26/h8-9,11,13-15,19,28-29H,4-7H2,1-3H3,(H,22,30)(H,34,35)(H,36,37)(H2,21,23,24)(H2,31,32,33)/t11-,13-,14-,15+,19-/m1/s1. The van der Waals surface area contributed by atoms with E-state index in [2.05, 4.69) is 29.1 Å². The summed E-state index contributed by atoms with van der Waals surface area (Å²) in [5.41, 5.74) is 4.34. The van der Waals surface area contributed by atoms with Crippen LogP contribution in [-0.2, 0) is 45.9 Å². The van der Waals surface area contributed by atoms with Gasteiger partial charge in [0.25, 0.3) is 0 Å². The van der Waals surface area contributed by atoms with Gasteiger partial charge >= 0.3 is 23.5 Å². The number of ether oxygens (including phenoxy) is 1. The van der Waals surface area contributed by atoms with Crippen molar-refractivity contribution in [3.8, 4) is 0 Å². The number of phosphoric acid groups is 3. The van der Waals surface area contributed by atoms with E-state index in [0.29, 0.717) is 0 Å². The summed E-state index contributed by atoms with van der Waals surface area (Å²) in [6.45, 7) is 1.99. The van der Waals surface area contributed by atoms with Crippen molar-refractivity contribution in [2.45, 2.75) is 51.4 Å². The van der Waals surface area contributed by atoms with E-state index in [-0.39, 0.29) is 34.4 Å². The number of fused-ring (bicyclic) bond motifs is 1. The highest BCUT2D eigenvalue weighted by Crippen LogP contribution is 2.61. The van der Waals surface area contributed by atoms with Crippen LogP contribution in [0, 0.1) is 5.41 Å². The molecular weight excluding hydrogens is 705 g/mol. The van der Waals surface area contributed by atoms with Gasteiger partial charge in [-0.25, -0.2) is 28.6 Å². The lowest BCUT2D eigenvalue weighted by molar-refractivity contribution is -0.136. The highest BCUT2D eigenvalue weighted by atomic mass is 32.2. The summed E-state index contributed by atoms with van der Waals surface area (Å²) >= 11 is 0.943.